The van der Waals surface area contributed by atoms with E-state index in [-0.39, 0.29) is 18.4 Å². The van der Waals surface area contributed by atoms with Crippen LogP contribution in [-0.4, -0.2) is 31.5 Å². The lowest BCUT2D eigenvalue weighted by atomic mass is 10.1. The second-order valence-corrected chi connectivity index (χ2v) is 5.46. The molecule has 2 N–H and O–H groups in total. The second kappa shape index (κ2) is 9.35. The van der Waals surface area contributed by atoms with E-state index < -0.39 is 0 Å². The van der Waals surface area contributed by atoms with Crippen molar-refractivity contribution in [3.05, 3.63) is 65.7 Å². The predicted molar refractivity (Wildman–Crippen MR) is 92.8 cm³/mol. The van der Waals surface area contributed by atoms with Crippen molar-refractivity contribution < 1.29 is 14.3 Å². The van der Waals surface area contributed by atoms with Crippen molar-refractivity contribution in [3.8, 4) is 5.75 Å². The Bertz CT molecular complexity index is 654. The Labute approximate surface area is 142 Å². The van der Waals surface area contributed by atoms with Crippen LogP contribution in [0.2, 0.25) is 0 Å². The standard InChI is InChI=1S/C19H22N2O3/c1-15-7-9-17(10-8-15)24-14-19(23)21-12-11-20-18(22)13-16-5-3-2-4-6-16/h2-10H,11-14H2,1H3,(H,20,22)(H,21,23). The van der Waals surface area contributed by atoms with Crippen LogP contribution in [0.3, 0.4) is 0 Å². The van der Waals surface area contributed by atoms with Gasteiger partial charge in [0.25, 0.3) is 5.91 Å². The van der Waals surface area contributed by atoms with Crippen LogP contribution in [0.25, 0.3) is 0 Å². The topological polar surface area (TPSA) is 67.4 Å². The number of hydrogen-bond donors (Lipinski definition) is 2. The Morgan fingerprint density at radius 2 is 1.50 bits per heavy atom. The first-order valence-corrected chi connectivity index (χ1v) is 7.90. The van der Waals surface area contributed by atoms with Gasteiger partial charge in [-0.1, -0.05) is 48.0 Å². The summed E-state index contributed by atoms with van der Waals surface area (Å²) in [5, 5.41) is 5.48. The highest BCUT2D eigenvalue weighted by Gasteiger charge is 2.04. The number of aryl methyl sites for hydroxylation is 1. The summed E-state index contributed by atoms with van der Waals surface area (Å²) in [6, 6.07) is 17.0. The van der Waals surface area contributed by atoms with Crippen molar-refractivity contribution in [2.75, 3.05) is 19.7 Å². The highest BCUT2D eigenvalue weighted by atomic mass is 16.5. The number of amides is 2. The van der Waals surface area contributed by atoms with E-state index in [2.05, 4.69) is 10.6 Å². The highest BCUT2D eigenvalue weighted by Crippen LogP contribution is 2.10. The van der Waals surface area contributed by atoms with Gasteiger partial charge in [-0.2, -0.15) is 0 Å². The van der Waals surface area contributed by atoms with Crippen molar-refractivity contribution in [1.82, 2.24) is 10.6 Å². The van der Waals surface area contributed by atoms with E-state index in [4.69, 9.17) is 4.74 Å². The maximum atomic E-state index is 11.7. The van der Waals surface area contributed by atoms with Crippen LogP contribution in [0.15, 0.2) is 54.6 Å². The molecule has 5 nitrogen and oxygen atoms in total. The van der Waals surface area contributed by atoms with E-state index in [1.807, 2.05) is 61.5 Å². The molecule has 0 unspecified atom stereocenters. The Morgan fingerprint density at radius 1 is 0.875 bits per heavy atom. The fraction of sp³-hybridized carbons (Fsp3) is 0.263. The summed E-state index contributed by atoms with van der Waals surface area (Å²) in [4.78, 5) is 23.4. The lowest BCUT2D eigenvalue weighted by molar-refractivity contribution is -0.124. The zero-order chi connectivity index (χ0) is 17.2. The summed E-state index contributed by atoms with van der Waals surface area (Å²) in [5.41, 5.74) is 2.10. The normalized spacial score (nSPS) is 10.0. The molecule has 2 rings (SSSR count). The number of carbonyl (C=O) groups is 2. The minimum Gasteiger partial charge on any atom is -0.484 e. The van der Waals surface area contributed by atoms with Gasteiger partial charge in [0.2, 0.25) is 5.91 Å². The van der Waals surface area contributed by atoms with E-state index in [0.717, 1.165) is 11.1 Å². The lowest BCUT2D eigenvalue weighted by Gasteiger charge is -2.09. The summed E-state index contributed by atoms with van der Waals surface area (Å²) in [7, 11) is 0. The van der Waals surface area contributed by atoms with Gasteiger partial charge >= 0.3 is 0 Å². The van der Waals surface area contributed by atoms with Crippen molar-refractivity contribution in [3.63, 3.8) is 0 Å². The van der Waals surface area contributed by atoms with E-state index in [9.17, 15) is 9.59 Å². The molecule has 24 heavy (non-hydrogen) atoms. The third-order valence-electron chi connectivity index (χ3n) is 3.37. The molecule has 0 heterocycles. The number of hydrogen-bond acceptors (Lipinski definition) is 3. The molecule has 2 aromatic carbocycles. The summed E-state index contributed by atoms with van der Waals surface area (Å²) < 4.78 is 5.38. The zero-order valence-electron chi connectivity index (χ0n) is 13.7. The fourth-order valence-electron chi connectivity index (χ4n) is 2.08. The predicted octanol–water partition coefficient (Wildman–Crippen LogP) is 1.85. The first kappa shape index (κ1) is 17.5. The number of nitrogens with one attached hydrogen (secondary N) is 2. The van der Waals surface area contributed by atoms with Gasteiger partial charge in [-0.05, 0) is 24.6 Å². The maximum absolute atomic E-state index is 11.7. The molecule has 2 amide bonds. The summed E-state index contributed by atoms with van der Waals surface area (Å²) >= 11 is 0. The molecule has 5 heteroatoms. The average molecular weight is 326 g/mol. The molecule has 126 valence electrons. The molecule has 0 spiro atoms. The molecule has 0 fully saturated rings. The Morgan fingerprint density at radius 3 is 2.17 bits per heavy atom. The quantitative estimate of drug-likeness (QED) is 0.728. The van der Waals surface area contributed by atoms with Gasteiger partial charge in [-0.15, -0.1) is 0 Å². The zero-order valence-corrected chi connectivity index (χ0v) is 13.7. The Hall–Kier alpha value is -2.82. The fourth-order valence-corrected chi connectivity index (χ4v) is 2.08. The van der Waals surface area contributed by atoms with Gasteiger partial charge in [0, 0.05) is 13.1 Å². The van der Waals surface area contributed by atoms with Crippen LogP contribution in [0.1, 0.15) is 11.1 Å². The number of rotatable bonds is 8. The maximum Gasteiger partial charge on any atom is 0.258 e. The highest BCUT2D eigenvalue weighted by molar-refractivity contribution is 5.79. The second-order valence-electron chi connectivity index (χ2n) is 5.46. The van der Waals surface area contributed by atoms with E-state index in [0.29, 0.717) is 25.3 Å². The Balaban J connectivity index is 1.57. The lowest BCUT2D eigenvalue weighted by Crippen LogP contribution is -2.37. The van der Waals surface area contributed by atoms with Gasteiger partial charge in [-0.25, -0.2) is 0 Å². The molecular formula is C19H22N2O3. The van der Waals surface area contributed by atoms with E-state index in [1.54, 1.807) is 0 Å². The van der Waals surface area contributed by atoms with Crippen LogP contribution in [-0.2, 0) is 16.0 Å². The Kier molecular flexibility index (Phi) is 6.83. The summed E-state index contributed by atoms with van der Waals surface area (Å²) in [6.45, 7) is 2.71. The third-order valence-corrected chi connectivity index (χ3v) is 3.37. The van der Waals surface area contributed by atoms with Crippen LogP contribution < -0.4 is 15.4 Å². The minimum absolute atomic E-state index is 0.0407. The minimum atomic E-state index is -0.215. The molecular weight excluding hydrogens is 304 g/mol. The number of ether oxygens (including phenoxy) is 1. The number of carbonyl (C=O) groups excluding carboxylic acids is 2. The van der Waals surface area contributed by atoms with Gasteiger partial charge in [-0.3, -0.25) is 9.59 Å². The molecule has 0 aliphatic carbocycles. The molecule has 0 bridgehead atoms. The van der Waals surface area contributed by atoms with Gasteiger partial charge < -0.3 is 15.4 Å². The molecule has 0 atom stereocenters. The van der Waals surface area contributed by atoms with Crippen molar-refractivity contribution in [1.29, 1.82) is 0 Å². The van der Waals surface area contributed by atoms with Gasteiger partial charge in [0.15, 0.2) is 6.61 Å². The van der Waals surface area contributed by atoms with Crippen LogP contribution in [0.4, 0.5) is 0 Å². The third kappa shape index (κ3) is 6.52. The summed E-state index contributed by atoms with van der Waals surface area (Å²) in [5.74, 6) is 0.381. The van der Waals surface area contributed by atoms with Gasteiger partial charge in [0.05, 0.1) is 6.42 Å². The van der Waals surface area contributed by atoms with Crippen LogP contribution >= 0.6 is 0 Å². The van der Waals surface area contributed by atoms with Crippen LogP contribution in [0.5, 0.6) is 5.75 Å². The molecule has 2 aromatic rings. The van der Waals surface area contributed by atoms with E-state index in [1.165, 1.54) is 0 Å². The molecule has 0 aromatic heterocycles. The molecule has 0 saturated carbocycles. The molecule has 0 aliphatic rings. The van der Waals surface area contributed by atoms with E-state index >= 15 is 0 Å². The first-order valence-electron chi connectivity index (χ1n) is 7.90. The SMILES string of the molecule is Cc1ccc(OCC(=O)NCCNC(=O)Cc2ccccc2)cc1. The smallest absolute Gasteiger partial charge is 0.258 e. The summed E-state index contributed by atoms with van der Waals surface area (Å²) in [6.07, 6.45) is 0.339. The van der Waals surface area contributed by atoms with Crippen molar-refractivity contribution in [2.24, 2.45) is 0 Å². The first-order chi connectivity index (χ1) is 11.6. The van der Waals surface area contributed by atoms with Crippen molar-refractivity contribution >= 4 is 11.8 Å². The number of benzene rings is 2. The van der Waals surface area contributed by atoms with Crippen LogP contribution in [0, 0.1) is 6.92 Å². The molecule has 0 aliphatic heterocycles. The molecule has 0 radical (unpaired) electrons. The van der Waals surface area contributed by atoms with Gasteiger partial charge in [0.1, 0.15) is 5.75 Å². The molecule has 0 saturated heterocycles. The van der Waals surface area contributed by atoms with Crippen molar-refractivity contribution in [2.45, 2.75) is 13.3 Å². The monoisotopic (exact) mass is 326 g/mol. The largest absolute Gasteiger partial charge is 0.484 e. The average Bonchev–Trinajstić information content (AvgIpc) is 2.59.